The number of nitrogens with two attached hydrogens (primary N) is 1. The van der Waals surface area contributed by atoms with E-state index in [2.05, 4.69) is 19.1 Å². The third-order valence-corrected chi connectivity index (χ3v) is 3.88. The highest BCUT2D eigenvalue weighted by atomic mass is 16.5. The minimum Gasteiger partial charge on any atom is -0.457 e. The van der Waals surface area contributed by atoms with Crippen molar-refractivity contribution in [2.24, 2.45) is 5.73 Å². The summed E-state index contributed by atoms with van der Waals surface area (Å²) in [4.78, 5) is 0. The van der Waals surface area contributed by atoms with Crippen LogP contribution in [-0.2, 0) is 0 Å². The summed E-state index contributed by atoms with van der Waals surface area (Å²) in [6.07, 6.45) is 2.23. The monoisotopic (exact) mass is 253 g/mol. The Bertz CT molecular complexity index is 565. The molecular formula is C17H19NO. The Kier molecular flexibility index (Phi) is 3.26. The van der Waals surface area contributed by atoms with E-state index < -0.39 is 0 Å². The van der Waals surface area contributed by atoms with Crippen LogP contribution in [0.15, 0.2) is 48.5 Å². The molecule has 2 aromatic carbocycles. The van der Waals surface area contributed by atoms with Crippen LogP contribution in [0.5, 0.6) is 11.5 Å². The van der Waals surface area contributed by atoms with Gasteiger partial charge >= 0.3 is 0 Å². The van der Waals surface area contributed by atoms with Crippen LogP contribution in [0, 0.1) is 0 Å². The number of rotatable bonds is 2. The molecule has 2 atom stereocenters. The van der Waals surface area contributed by atoms with Gasteiger partial charge in [0.1, 0.15) is 11.5 Å². The molecule has 2 aromatic rings. The van der Waals surface area contributed by atoms with E-state index in [4.69, 9.17) is 10.5 Å². The molecule has 3 rings (SSSR count). The first-order valence-electron chi connectivity index (χ1n) is 6.86. The summed E-state index contributed by atoms with van der Waals surface area (Å²) in [5.41, 5.74) is 8.83. The average Bonchev–Trinajstić information content (AvgIpc) is 2.44. The van der Waals surface area contributed by atoms with Gasteiger partial charge in [-0.25, -0.2) is 0 Å². The second-order valence-electron chi connectivity index (χ2n) is 5.29. The first-order chi connectivity index (χ1) is 9.24. The molecule has 0 aliphatic heterocycles. The Balaban J connectivity index is 1.91. The largest absolute Gasteiger partial charge is 0.457 e. The molecule has 19 heavy (non-hydrogen) atoms. The van der Waals surface area contributed by atoms with Crippen molar-refractivity contribution in [1.29, 1.82) is 0 Å². The van der Waals surface area contributed by atoms with Crippen molar-refractivity contribution in [3.05, 3.63) is 59.7 Å². The fourth-order valence-corrected chi connectivity index (χ4v) is 2.75. The number of benzene rings is 2. The van der Waals surface area contributed by atoms with Gasteiger partial charge in [-0.15, -0.1) is 0 Å². The minimum atomic E-state index is 0.144. The molecule has 0 bridgehead atoms. The molecular weight excluding hydrogens is 234 g/mol. The molecule has 98 valence electrons. The highest BCUT2D eigenvalue weighted by Crippen LogP contribution is 2.38. The lowest BCUT2D eigenvalue weighted by molar-refractivity contribution is 0.472. The maximum Gasteiger partial charge on any atom is 0.127 e. The van der Waals surface area contributed by atoms with Crippen LogP contribution in [0.3, 0.4) is 0 Å². The number of hydrogen-bond donors (Lipinski definition) is 1. The van der Waals surface area contributed by atoms with Crippen molar-refractivity contribution in [2.75, 3.05) is 0 Å². The van der Waals surface area contributed by atoms with Gasteiger partial charge in [0, 0.05) is 6.04 Å². The van der Waals surface area contributed by atoms with E-state index in [9.17, 15) is 0 Å². The minimum absolute atomic E-state index is 0.144. The fraction of sp³-hybridized carbons (Fsp3) is 0.294. The highest BCUT2D eigenvalue weighted by Gasteiger charge is 2.22. The van der Waals surface area contributed by atoms with Crippen LogP contribution < -0.4 is 10.5 Å². The van der Waals surface area contributed by atoms with Crippen LogP contribution in [-0.4, -0.2) is 0 Å². The van der Waals surface area contributed by atoms with Crippen molar-refractivity contribution in [3.8, 4) is 11.5 Å². The number of hydrogen-bond acceptors (Lipinski definition) is 2. The van der Waals surface area contributed by atoms with E-state index in [0.717, 1.165) is 17.9 Å². The molecule has 0 radical (unpaired) electrons. The first kappa shape index (κ1) is 12.2. The lowest BCUT2D eigenvalue weighted by Crippen LogP contribution is -2.19. The van der Waals surface area contributed by atoms with Crippen LogP contribution in [0.25, 0.3) is 0 Å². The van der Waals surface area contributed by atoms with Crippen LogP contribution >= 0.6 is 0 Å². The molecule has 0 heterocycles. The van der Waals surface area contributed by atoms with Gasteiger partial charge in [-0.2, -0.15) is 0 Å². The van der Waals surface area contributed by atoms with E-state index in [1.165, 1.54) is 17.5 Å². The normalized spacial score (nSPS) is 21.8. The quantitative estimate of drug-likeness (QED) is 0.862. The van der Waals surface area contributed by atoms with Crippen LogP contribution in [0.4, 0.5) is 0 Å². The van der Waals surface area contributed by atoms with Gasteiger partial charge < -0.3 is 10.5 Å². The maximum absolute atomic E-state index is 6.22. The third-order valence-electron chi connectivity index (χ3n) is 3.88. The van der Waals surface area contributed by atoms with Crippen LogP contribution in [0.2, 0.25) is 0 Å². The highest BCUT2D eigenvalue weighted by molar-refractivity contribution is 5.42. The van der Waals surface area contributed by atoms with Crippen molar-refractivity contribution in [2.45, 2.75) is 31.7 Å². The Labute approximate surface area is 114 Å². The summed E-state index contributed by atoms with van der Waals surface area (Å²) in [6, 6.07) is 16.3. The van der Waals surface area contributed by atoms with Crippen molar-refractivity contribution >= 4 is 0 Å². The predicted octanol–water partition coefficient (Wildman–Crippen LogP) is 4.38. The molecule has 0 aromatic heterocycles. The van der Waals surface area contributed by atoms with Gasteiger partial charge in [0.25, 0.3) is 0 Å². The van der Waals surface area contributed by atoms with E-state index >= 15 is 0 Å². The maximum atomic E-state index is 6.22. The smallest absolute Gasteiger partial charge is 0.127 e. The van der Waals surface area contributed by atoms with Gasteiger partial charge in [-0.3, -0.25) is 0 Å². The standard InChI is InChI=1S/C17H19NO/c1-12-7-10-17(18)16-11-14(8-9-15(12)16)19-13-5-3-2-4-6-13/h2-6,8-9,11-12,17H,7,10,18H2,1H3/t12?,17-/m1/s1. The lowest BCUT2D eigenvalue weighted by atomic mass is 9.81. The summed E-state index contributed by atoms with van der Waals surface area (Å²) in [5.74, 6) is 2.33. The Hall–Kier alpha value is -1.80. The van der Waals surface area contributed by atoms with Gasteiger partial charge in [0.05, 0.1) is 0 Å². The molecule has 2 N–H and O–H groups in total. The zero-order valence-electron chi connectivity index (χ0n) is 11.2. The molecule has 0 fully saturated rings. The molecule has 1 unspecified atom stereocenters. The van der Waals surface area contributed by atoms with Gasteiger partial charge in [-0.1, -0.05) is 31.2 Å². The van der Waals surface area contributed by atoms with Gasteiger partial charge in [-0.05, 0) is 54.2 Å². The number of fused-ring (bicyclic) bond motifs is 1. The van der Waals surface area contributed by atoms with Crippen LogP contribution in [0.1, 0.15) is 42.9 Å². The van der Waals surface area contributed by atoms with Crippen molar-refractivity contribution < 1.29 is 4.74 Å². The zero-order chi connectivity index (χ0) is 13.2. The van der Waals surface area contributed by atoms with E-state index in [1.807, 2.05) is 36.4 Å². The SMILES string of the molecule is CC1CC[C@@H](N)c2cc(Oc3ccccc3)ccc21. The summed E-state index contributed by atoms with van der Waals surface area (Å²) in [7, 11) is 0. The summed E-state index contributed by atoms with van der Waals surface area (Å²) >= 11 is 0. The molecule has 0 amide bonds. The fourth-order valence-electron chi connectivity index (χ4n) is 2.75. The molecule has 2 nitrogen and oxygen atoms in total. The second kappa shape index (κ2) is 5.06. The second-order valence-corrected chi connectivity index (χ2v) is 5.29. The number of ether oxygens (including phenoxy) is 1. The van der Waals surface area contributed by atoms with Crippen molar-refractivity contribution in [3.63, 3.8) is 0 Å². The van der Waals surface area contributed by atoms with Gasteiger partial charge in [0.2, 0.25) is 0 Å². The molecule has 1 aliphatic rings. The topological polar surface area (TPSA) is 35.2 Å². The molecule has 2 heteroatoms. The summed E-state index contributed by atoms with van der Waals surface area (Å²) < 4.78 is 5.87. The average molecular weight is 253 g/mol. The van der Waals surface area contributed by atoms with E-state index in [0.29, 0.717) is 5.92 Å². The first-order valence-corrected chi connectivity index (χ1v) is 6.86. The summed E-state index contributed by atoms with van der Waals surface area (Å²) in [5, 5.41) is 0. The Morgan fingerprint density at radius 2 is 1.74 bits per heavy atom. The molecule has 0 saturated carbocycles. The Morgan fingerprint density at radius 3 is 2.53 bits per heavy atom. The molecule has 0 spiro atoms. The predicted molar refractivity (Wildman–Crippen MR) is 77.5 cm³/mol. The summed E-state index contributed by atoms with van der Waals surface area (Å²) in [6.45, 7) is 2.27. The van der Waals surface area contributed by atoms with Crippen molar-refractivity contribution in [1.82, 2.24) is 0 Å². The van der Waals surface area contributed by atoms with E-state index in [-0.39, 0.29) is 6.04 Å². The number of para-hydroxylation sites is 1. The molecule has 1 aliphatic carbocycles. The molecule has 0 saturated heterocycles. The zero-order valence-corrected chi connectivity index (χ0v) is 11.2. The van der Waals surface area contributed by atoms with Gasteiger partial charge in [0.15, 0.2) is 0 Å². The van der Waals surface area contributed by atoms with E-state index in [1.54, 1.807) is 0 Å². The Morgan fingerprint density at radius 1 is 0.947 bits per heavy atom. The third kappa shape index (κ3) is 2.49. The lowest BCUT2D eigenvalue weighted by Gasteiger charge is -2.27.